The van der Waals surface area contributed by atoms with Crippen LogP contribution in [0.5, 0.6) is 0 Å². The number of halogens is 1. The third-order valence-corrected chi connectivity index (χ3v) is 2.49. The normalized spacial score (nSPS) is 13.3. The van der Waals surface area contributed by atoms with Gasteiger partial charge in [-0.25, -0.2) is 0 Å². The van der Waals surface area contributed by atoms with Crippen LogP contribution in [-0.2, 0) is 0 Å². The maximum atomic E-state index is 4.27. The lowest BCUT2D eigenvalue weighted by molar-refractivity contribution is 0.625. The van der Waals surface area contributed by atoms with Crippen molar-refractivity contribution in [2.24, 2.45) is 0 Å². The molecule has 0 aliphatic carbocycles. The molecule has 0 bridgehead atoms. The highest BCUT2D eigenvalue weighted by Gasteiger charge is 1.94. The zero-order chi connectivity index (χ0) is 11.1. The first-order valence-electron chi connectivity index (χ1n) is 5.25. The van der Waals surface area contributed by atoms with Gasteiger partial charge >= 0.3 is 0 Å². The molecule has 15 heavy (non-hydrogen) atoms. The van der Waals surface area contributed by atoms with E-state index >= 15 is 0 Å². The van der Waals surface area contributed by atoms with Crippen LogP contribution in [-0.4, -0.2) is 17.6 Å². The van der Waals surface area contributed by atoms with Crippen molar-refractivity contribution < 1.29 is 0 Å². The second-order valence-corrected chi connectivity index (χ2v) is 4.42. The van der Waals surface area contributed by atoms with Crippen LogP contribution in [0.1, 0.15) is 26.0 Å². The predicted octanol–water partition coefficient (Wildman–Crippen LogP) is 3.25. The van der Waals surface area contributed by atoms with E-state index in [1.807, 2.05) is 24.4 Å². The Hall–Kier alpha value is -0.670. The molecule has 3 heteroatoms. The highest BCUT2D eigenvalue weighted by molar-refractivity contribution is 9.10. The monoisotopic (exact) mass is 268 g/mol. The van der Waals surface area contributed by atoms with Crippen molar-refractivity contribution in [2.75, 3.05) is 6.54 Å². The van der Waals surface area contributed by atoms with E-state index in [0.717, 1.165) is 23.1 Å². The minimum Gasteiger partial charge on any atom is -0.311 e. The summed E-state index contributed by atoms with van der Waals surface area (Å²) in [6.45, 7) is 5.37. The van der Waals surface area contributed by atoms with Gasteiger partial charge in [0, 0.05) is 16.7 Å². The maximum absolute atomic E-state index is 4.27. The van der Waals surface area contributed by atoms with Gasteiger partial charge in [0.05, 0.1) is 5.69 Å². The number of nitrogens with one attached hydrogen (secondary N) is 1. The molecule has 1 aromatic heterocycles. The lowest BCUT2D eigenvalue weighted by atomic mass is 10.2. The van der Waals surface area contributed by atoms with E-state index in [1.54, 1.807) is 0 Å². The number of hydrogen-bond acceptors (Lipinski definition) is 2. The molecule has 0 aromatic carbocycles. The Morgan fingerprint density at radius 2 is 2.33 bits per heavy atom. The van der Waals surface area contributed by atoms with Gasteiger partial charge in [-0.15, -0.1) is 0 Å². The van der Waals surface area contributed by atoms with Crippen molar-refractivity contribution in [3.8, 4) is 0 Å². The van der Waals surface area contributed by atoms with Crippen molar-refractivity contribution in [1.29, 1.82) is 0 Å². The Labute approximate surface area is 99.9 Å². The van der Waals surface area contributed by atoms with Gasteiger partial charge in [-0.1, -0.05) is 13.0 Å². The Balaban J connectivity index is 2.46. The van der Waals surface area contributed by atoms with E-state index in [4.69, 9.17) is 0 Å². The van der Waals surface area contributed by atoms with Gasteiger partial charge < -0.3 is 5.32 Å². The van der Waals surface area contributed by atoms with Crippen molar-refractivity contribution >= 4 is 22.0 Å². The SMILES string of the molecule is CCCNC(C)/C=C/c1ccc(Br)cn1. The molecule has 0 amide bonds. The second-order valence-electron chi connectivity index (χ2n) is 3.50. The molecule has 1 N–H and O–H groups in total. The summed E-state index contributed by atoms with van der Waals surface area (Å²) in [7, 11) is 0. The summed E-state index contributed by atoms with van der Waals surface area (Å²) in [6.07, 6.45) is 7.14. The number of rotatable bonds is 5. The first-order chi connectivity index (χ1) is 7.22. The summed E-state index contributed by atoms with van der Waals surface area (Å²) >= 11 is 3.36. The molecule has 0 aliphatic rings. The minimum absolute atomic E-state index is 0.399. The first-order valence-corrected chi connectivity index (χ1v) is 6.05. The van der Waals surface area contributed by atoms with Crippen LogP contribution < -0.4 is 5.32 Å². The van der Waals surface area contributed by atoms with E-state index < -0.39 is 0 Å². The Kier molecular flexibility index (Phi) is 5.58. The quantitative estimate of drug-likeness (QED) is 0.887. The van der Waals surface area contributed by atoms with Crippen molar-refractivity contribution in [3.05, 3.63) is 34.6 Å². The van der Waals surface area contributed by atoms with Gasteiger partial charge in [0.2, 0.25) is 0 Å². The average Bonchev–Trinajstić information content (AvgIpc) is 2.25. The van der Waals surface area contributed by atoms with Crippen LogP contribution in [0.25, 0.3) is 6.08 Å². The molecule has 0 aliphatic heterocycles. The summed E-state index contributed by atoms with van der Waals surface area (Å²) in [5.74, 6) is 0. The van der Waals surface area contributed by atoms with Gasteiger partial charge in [0.1, 0.15) is 0 Å². The molecule has 1 aromatic rings. The van der Waals surface area contributed by atoms with Crippen molar-refractivity contribution in [1.82, 2.24) is 10.3 Å². The first kappa shape index (κ1) is 12.4. The average molecular weight is 269 g/mol. The largest absolute Gasteiger partial charge is 0.311 e. The van der Waals surface area contributed by atoms with Crippen molar-refractivity contribution in [2.45, 2.75) is 26.3 Å². The minimum atomic E-state index is 0.399. The lowest BCUT2D eigenvalue weighted by Gasteiger charge is -2.07. The number of aromatic nitrogens is 1. The molecule has 82 valence electrons. The number of nitrogens with zero attached hydrogens (tertiary/aromatic N) is 1. The molecule has 1 heterocycles. The van der Waals surface area contributed by atoms with Gasteiger partial charge in [-0.05, 0) is 54.0 Å². The summed E-state index contributed by atoms with van der Waals surface area (Å²) in [5.41, 5.74) is 0.989. The van der Waals surface area contributed by atoms with Gasteiger partial charge in [-0.3, -0.25) is 4.98 Å². The van der Waals surface area contributed by atoms with Crippen molar-refractivity contribution in [3.63, 3.8) is 0 Å². The third-order valence-electron chi connectivity index (χ3n) is 2.02. The summed E-state index contributed by atoms with van der Waals surface area (Å²) < 4.78 is 1.01. The zero-order valence-electron chi connectivity index (χ0n) is 9.20. The Morgan fingerprint density at radius 3 is 2.93 bits per heavy atom. The molecule has 0 fully saturated rings. The Morgan fingerprint density at radius 1 is 1.53 bits per heavy atom. The maximum Gasteiger partial charge on any atom is 0.0627 e. The molecular weight excluding hydrogens is 252 g/mol. The smallest absolute Gasteiger partial charge is 0.0627 e. The highest BCUT2D eigenvalue weighted by Crippen LogP contribution is 2.08. The standard InChI is InChI=1S/C12H17BrN2/c1-3-8-14-10(2)4-6-12-7-5-11(13)9-15-12/h4-7,9-10,14H,3,8H2,1-2H3/b6-4+. The van der Waals surface area contributed by atoms with Crippen LogP contribution in [0.4, 0.5) is 0 Å². The highest BCUT2D eigenvalue weighted by atomic mass is 79.9. The number of pyridine rings is 1. The van der Waals surface area contributed by atoms with Crippen LogP contribution >= 0.6 is 15.9 Å². The van der Waals surface area contributed by atoms with E-state index in [1.165, 1.54) is 0 Å². The molecule has 0 saturated carbocycles. The fourth-order valence-electron chi connectivity index (χ4n) is 1.17. The summed E-state index contributed by atoms with van der Waals surface area (Å²) in [6, 6.07) is 4.39. The van der Waals surface area contributed by atoms with Crippen LogP contribution in [0.3, 0.4) is 0 Å². The second kappa shape index (κ2) is 6.75. The van der Waals surface area contributed by atoms with Crippen LogP contribution in [0.15, 0.2) is 28.9 Å². The molecular formula is C12H17BrN2. The molecule has 1 atom stereocenters. The van der Waals surface area contributed by atoms with E-state index in [-0.39, 0.29) is 0 Å². The zero-order valence-corrected chi connectivity index (χ0v) is 10.8. The van der Waals surface area contributed by atoms with E-state index in [9.17, 15) is 0 Å². The number of hydrogen-bond donors (Lipinski definition) is 1. The topological polar surface area (TPSA) is 24.9 Å². The molecule has 1 unspecified atom stereocenters. The van der Waals surface area contributed by atoms with Crippen LogP contribution in [0, 0.1) is 0 Å². The molecule has 1 rings (SSSR count). The molecule has 0 saturated heterocycles. The van der Waals surface area contributed by atoms with Gasteiger partial charge in [-0.2, -0.15) is 0 Å². The van der Waals surface area contributed by atoms with Crippen LogP contribution in [0.2, 0.25) is 0 Å². The molecule has 0 spiro atoms. The molecule has 2 nitrogen and oxygen atoms in total. The molecule has 0 radical (unpaired) electrons. The predicted molar refractivity (Wildman–Crippen MR) is 68.7 cm³/mol. The third kappa shape index (κ3) is 5.09. The summed E-state index contributed by atoms with van der Waals surface area (Å²) in [5, 5.41) is 3.39. The summed E-state index contributed by atoms with van der Waals surface area (Å²) in [4.78, 5) is 4.27. The van der Waals surface area contributed by atoms with E-state index in [2.05, 4.69) is 46.2 Å². The van der Waals surface area contributed by atoms with Gasteiger partial charge in [0.25, 0.3) is 0 Å². The van der Waals surface area contributed by atoms with Gasteiger partial charge in [0.15, 0.2) is 0 Å². The Bertz CT molecular complexity index is 306. The lowest BCUT2D eigenvalue weighted by Crippen LogP contribution is -2.24. The fourth-order valence-corrected chi connectivity index (χ4v) is 1.40. The fraction of sp³-hybridized carbons (Fsp3) is 0.417. The van der Waals surface area contributed by atoms with E-state index in [0.29, 0.717) is 6.04 Å².